The number of morpholine rings is 1. The summed E-state index contributed by atoms with van der Waals surface area (Å²) in [5.74, 6) is 0.676. The largest absolute Gasteiger partial charge is 0.445 e. The molecule has 0 N–H and O–H groups in total. The van der Waals surface area contributed by atoms with Gasteiger partial charge in [0.2, 0.25) is 5.95 Å². The first-order valence-corrected chi connectivity index (χ1v) is 9.39. The van der Waals surface area contributed by atoms with Gasteiger partial charge in [0.25, 0.3) is 0 Å². The van der Waals surface area contributed by atoms with E-state index in [9.17, 15) is 4.79 Å². The monoisotopic (exact) mass is 380 g/mol. The highest BCUT2D eigenvalue weighted by atomic mass is 16.6. The van der Waals surface area contributed by atoms with Crippen molar-refractivity contribution in [3.63, 3.8) is 0 Å². The van der Waals surface area contributed by atoms with Gasteiger partial charge in [-0.3, -0.25) is 4.90 Å². The van der Waals surface area contributed by atoms with Crippen LogP contribution in [0.1, 0.15) is 17.5 Å². The van der Waals surface area contributed by atoms with Crippen molar-refractivity contribution in [2.45, 2.75) is 25.1 Å². The summed E-state index contributed by atoms with van der Waals surface area (Å²) in [7, 11) is 3.82. The number of nitrogens with zero attached hydrogens (tertiary/aromatic N) is 4. The third-order valence-corrected chi connectivity index (χ3v) is 5.02. The lowest BCUT2D eigenvalue weighted by Gasteiger charge is -2.43. The summed E-state index contributed by atoms with van der Waals surface area (Å²) < 4.78 is 11.2. The molecule has 1 saturated heterocycles. The molecule has 0 radical (unpaired) electrons. The average molecular weight is 380 g/mol. The number of hydrogen-bond donors (Lipinski definition) is 0. The molecule has 0 spiro atoms. The average Bonchev–Trinajstić information content (AvgIpc) is 2.72. The minimum Gasteiger partial charge on any atom is -0.445 e. The number of ether oxygens (including phenoxy) is 2. The molecule has 0 saturated carbocycles. The first-order valence-electron chi connectivity index (χ1n) is 9.39. The smallest absolute Gasteiger partial charge is 0.411 e. The lowest BCUT2D eigenvalue weighted by atomic mass is 9.91. The maximum Gasteiger partial charge on any atom is 0.411 e. The standard InChI is InChI=1S/C21H24N4O3/c1-24(2)20-22-10-17(11-23-20)16-8-18-13-27-14-19(9-16)25(18)21(26)28-12-15-6-4-3-5-7-15/h3-8,10-11,18-19H,9,12-14H2,1-2H3. The summed E-state index contributed by atoms with van der Waals surface area (Å²) in [6, 6.07) is 9.52. The predicted molar refractivity (Wildman–Crippen MR) is 106 cm³/mol. The molecule has 0 aliphatic carbocycles. The summed E-state index contributed by atoms with van der Waals surface area (Å²) in [4.78, 5) is 25.2. The maximum atomic E-state index is 12.7. The fraction of sp³-hybridized carbons (Fsp3) is 0.381. The first-order chi connectivity index (χ1) is 13.6. The Labute approximate surface area is 164 Å². The molecule has 2 aromatic rings. The van der Waals surface area contributed by atoms with Crippen LogP contribution >= 0.6 is 0 Å². The van der Waals surface area contributed by atoms with Gasteiger partial charge in [-0.1, -0.05) is 36.4 Å². The third kappa shape index (κ3) is 3.84. The van der Waals surface area contributed by atoms with Crippen LogP contribution in [0, 0.1) is 0 Å². The Morgan fingerprint density at radius 2 is 1.96 bits per heavy atom. The van der Waals surface area contributed by atoms with E-state index in [0.717, 1.165) is 16.7 Å². The second-order valence-corrected chi connectivity index (χ2v) is 7.27. The van der Waals surface area contributed by atoms with Crippen molar-refractivity contribution in [2.24, 2.45) is 0 Å². The molecule has 2 aliphatic rings. The topological polar surface area (TPSA) is 67.8 Å². The van der Waals surface area contributed by atoms with E-state index >= 15 is 0 Å². The van der Waals surface area contributed by atoms with Crippen molar-refractivity contribution in [2.75, 3.05) is 32.2 Å². The van der Waals surface area contributed by atoms with Gasteiger partial charge in [-0.25, -0.2) is 14.8 Å². The van der Waals surface area contributed by atoms with Gasteiger partial charge in [0.1, 0.15) is 6.61 Å². The van der Waals surface area contributed by atoms with Crippen molar-refractivity contribution < 1.29 is 14.3 Å². The number of aromatic nitrogens is 2. The Balaban J connectivity index is 1.48. The number of hydrogen-bond acceptors (Lipinski definition) is 6. The van der Waals surface area contributed by atoms with E-state index in [2.05, 4.69) is 16.0 Å². The quantitative estimate of drug-likeness (QED) is 0.813. The second kappa shape index (κ2) is 7.98. The van der Waals surface area contributed by atoms with Gasteiger partial charge in [-0.15, -0.1) is 0 Å². The van der Waals surface area contributed by atoms with E-state index < -0.39 is 0 Å². The van der Waals surface area contributed by atoms with E-state index in [1.54, 1.807) is 0 Å². The zero-order valence-corrected chi connectivity index (χ0v) is 16.1. The van der Waals surface area contributed by atoms with E-state index in [4.69, 9.17) is 9.47 Å². The van der Waals surface area contributed by atoms with Crippen LogP contribution in [0.5, 0.6) is 0 Å². The van der Waals surface area contributed by atoms with Crippen molar-refractivity contribution >= 4 is 17.6 Å². The molecular formula is C21H24N4O3. The van der Waals surface area contributed by atoms with Gasteiger partial charge in [0.15, 0.2) is 0 Å². The van der Waals surface area contributed by atoms with Crippen molar-refractivity contribution in [1.82, 2.24) is 14.9 Å². The molecule has 2 atom stereocenters. The Morgan fingerprint density at radius 3 is 2.64 bits per heavy atom. The van der Waals surface area contributed by atoms with Gasteiger partial charge in [0.05, 0.1) is 25.3 Å². The first kappa shape index (κ1) is 18.4. The van der Waals surface area contributed by atoms with E-state index in [-0.39, 0.29) is 24.8 Å². The van der Waals surface area contributed by atoms with E-state index in [0.29, 0.717) is 25.6 Å². The summed E-state index contributed by atoms with van der Waals surface area (Å²) in [5, 5.41) is 0. The highest BCUT2D eigenvalue weighted by Gasteiger charge is 2.39. The lowest BCUT2D eigenvalue weighted by molar-refractivity contribution is -0.0342. The number of benzene rings is 1. The fourth-order valence-corrected chi connectivity index (χ4v) is 3.61. The van der Waals surface area contributed by atoms with Gasteiger partial charge >= 0.3 is 6.09 Å². The predicted octanol–water partition coefficient (Wildman–Crippen LogP) is 2.74. The number of fused-ring (bicyclic) bond motifs is 2. The summed E-state index contributed by atoms with van der Waals surface area (Å²) in [6.45, 7) is 1.24. The van der Waals surface area contributed by atoms with Crippen LogP contribution in [0.4, 0.5) is 10.7 Å². The van der Waals surface area contributed by atoms with Crippen LogP contribution in [0.15, 0.2) is 48.8 Å². The fourth-order valence-electron chi connectivity index (χ4n) is 3.61. The van der Waals surface area contributed by atoms with E-state index in [1.165, 1.54) is 0 Å². The molecule has 3 heterocycles. The second-order valence-electron chi connectivity index (χ2n) is 7.27. The molecule has 7 nitrogen and oxygen atoms in total. The molecule has 1 aromatic heterocycles. The number of carbonyl (C=O) groups excluding carboxylic acids is 1. The van der Waals surface area contributed by atoms with E-state index in [1.807, 2.05) is 66.6 Å². The molecule has 146 valence electrons. The molecular weight excluding hydrogens is 356 g/mol. The highest BCUT2D eigenvalue weighted by molar-refractivity contribution is 5.74. The number of amides is 1. The Hall–Kier alpha value is -2.93. The van der Waals surface area contributed by atoms with Crippen molar-refractivity contribution in [1.29, 1.82) is 0 Å². The van der Waals surface area contributed by atoms with Crippen LogP contribution < -0.4 is 4.90 Å². The van der Waals surface area contributed by atoms with Gasteiger partial charge < -0.3 is 14.4 Å². The molecule has 1 aromatic carbocycles. The number of anilines is 1. The highest BCUT2D eigenvalue weighted by Crippen LogP contribution is 2.32. The zero-order chi connectivity index (χ0) is 19.5. The molecule has 2 bridgehead atoms. The Bertz CT molecular complexity index is 852. The molecule has 28 heavy (non-hydrogen) atoms. The van der Waals surface area contributed by atoms with Crippen molar-refractivity contribution in [3.05, 3.63) is 59.9 Å². The van der Waals surface area contributed by atoms with Crippen LogP contribution in [-0.4, -0.2) is 60.4 Å². The summed E-state index contributed by atoms with van der Waals surface area (Å²) in [5.41, 5.74) is 3.11. The van der Waals surface area contributed by atoms with Gasteiger partial charge in [-0.05, 0) is 17.6 Å². The maximum absolute atomic E-state index is 12.7. The van der Waals surface area contributed by atoms with Gasteiger partial charge in [0, 0.05) is 32.1 Å². The molecule has 1 fully saturated rings. The van der Waals surface area contributed by atoms with Crippen LogP contribution in [0.25, 0.3) is 5.57 Å². The minimum atomic E-state index is -0.295. The molecule has 2 aliphatic heterocycles. The third-order valence-electron chi connectivity index (χ3n) is 5.02. The summed E-state index contributed by atoms with van der Waals surface area (Å²) >= 11 is 0. The van der Waals surface area contributed by atoms with Gasteiger partial charge in [-0.2, -0.15) is 0 Å². The number of rotatable bonds is 4. The molecule has 4 rings (SSSR count). The molecule has 1 amide bonds. The Morgan fingerprint density at radius 1 is 1.21 bits per heavy atom. The zero-order valence-electron chi connectivity index (χ0n) is 16.1. The van der Waals surface area contributed by atoms with Crippen LogP contribution in [-0.2, 0) is 16.1 Å². The van der Waals surface area contributed by atoms with Crippen molar-refractivity contribution in [3.8, 4) is 0 Å². The Kier molecular flexibility index (Phi) is 5.25. The summed E-state index contributed by atoms with van der Waals surface area (Å²) in [6.07, 6.45) is 6.16. The van der Waals surface area contributed by atoms with Crippen LogP contribution in [0.3, 0.4) is 0 Å². The number of carbonyl (C=O) groups is 1. The van der Waals surface area contributed by atoms with Crippen LogP contribution in [0.2, 0.25) is 0 Å². The molecule has 7 heteroatoms. The normalized spacial score (nSPS) is 21.1. The lowest BCUT2D eigenvalue weighted by Crippen LogP contribution is -2.56. The molecule has 2 unspecified atom stereocenters. The minimum absolute atomic E-state index is 0.0458. The SMILES string of the molecule is CN(C)c1ncc(C2=CC3COCC(C2)N3C(=O)OCc2ccccc2)cn1.